The number of rotatable bonds is 4. The monoisotopic (exact) mass is 456 g/mol. The Labute approximate surface area is 193 Å². The van der Waals surface area contributed by atoms with Crippen molar-refractivity contribution in [3.8, 4) is 11.1 Å². The molecule has 1 saturated heterocycles. The Kier molecular flexibility index (Phi) is 6.41. The molecule has 1 aliphatic heterocycles. The minimum atomic E-state index is -1.04. The molecule has 3 atom stereocenters. The van der Waals surface area contributed by atoms with Crippen molar-refractivity contribution in [2.24, 2.45) is 0 Å². The number of halogens is 2. The van der Waals surface area contributed by atoms with Gasteiger partial charge in [-0.25, -0.2) is 13.6 Å². The van der Waals surface area contributed by atoms with E-state index in [4.69, 9.17) is 4.74 Å². The van der Waals surface area contributed by atoms with Crippen LogP contribution >= 0.6 is 0 Å². The van der Waals surface area contributed by atoms with Crippen LogP contribution in [0, 0.1) is 5.82 Å². The fraction of sp³-hybridized carbons (Fsp3) is 0.462. The smallest absolute Gasteiger partial charge is 0.408 e. The number of carbonyl (C=O) groups is 2. The van der Waals surface area contributed by atoms with Gasteiger partial charge < -0.3 is 15.0 Å². The second-order valence-corrected chi connectivity index (χ2v) is 9.86. The molecule has 2 aliphatic rings. The third kappa shape index (κ3) is 5.34. The molecule has 1 N–H and O–H groups in total. The molecule has 0 aromatic heterocycles. The number of likely N-dealkylation sites (tertiary alicyclic amines) is 1. The summed E-state index contributed by atoms with van der Waals surface area (Å²) in [6.07, 6.45) is 0.0492. The number of nitrogens with zero attached hydrogens (tertiary/aromatic N) is 1. The molecule has 0 saturated carbocycles. The van der Waals surface area contributed by atoms with Crippen LogP contribution in [0.2, 0.25) is 0 Å². The van der Waals surface area contributed by atoms with Gasteiger partial charge in [-0.05, 0) is 74.4 Å². The molecule has 7 heteroatoms. The van der Waals surface area contributed by atoms with Gasteiger partial charge in [0.2, 0.25) is 5.91 Å². The van der Waals surface area contributed by atoms with Gasteiger partial charge >= 0.3 is 6.09 Å². The molecule has 1 heterocycles. The molecule has 0 spiro atoms. The van der Waals surface area contributed by atoms with Gasteiger partial charge in [-0.1, -0.05) is 30.3 Å². The highest BCUT2D eigenvalue weighted by Gasteiger charge is 2.40. The molecule has 2 aromatic rings. The van der Waals surface area contributed by atoms with E-state index in [2.05, 4.69) is 11.4 Å². The lowest BCUT2D eigenvalue weighted by atomic mass is 9.91. The van der Waals surface area contributed by atoms with Gasteiger partial charge in [0.05, 0.1) is 6.54 Å². The van der Waals surface area contributed by atoms with E-state index >= 15 is 0 Å². The maximum absolute atomic E-state index is 13.8. The first kappa shape index (κ1) is 23.2. The lowest BCUT2D eigenvalue weighted by molar-refractivity contribution is -0.133. The number of amides is 2. The van der Waals surface area contributed by atoms with Crippen molar-refractivity contribution in [3.05, 3.63) is 59.4 Å². The normalized spacial score (nSPS) is 20.9. The van der Waals surface area contributed by atoms with Gasteiger partial charge in [-0.3, -0.25) is 4.79 Å². The summed E-state index contributed by atoms with van der Waals surface area (Å²) in [4.78, 5) is 27.4. The Morgan fingerprint density at radius 1 is 1.09 bits per heavy atom. The van der Waals surface area contributed by atoms with Crippen molar-refractivity contribution >= 4 is 12.0 Å². The minimum absolute atomic E-state index is 0.0500. The summed E-state index contributed by atoms with van der Waals surface area (Å²) < 4.78 is 32.5. The molecule has 2 aromatic carbocycles. The number of alkyl carbamates (subject to hydrolysis) is 1. The van der Waals surface area contributed by atoms with Gasteiger partial charge in [0, 0.05) is 12.5 Å². The number of benzene rings is 2. The second-order valence-electron chi connectivity index (χ2n) is 9.86. The molecule has 5 nitrogen and oxygen atoms in total. The highest BCUT2D eigenvalue weighted by atomic mass is 19.1. The largest absolute Gasteiger partial charge is 0.444 e. The van der Waals surface area contributed by atoms with E-state index in [0.717, 1.165) is 28.7 Å². The number of hydrogen-bond acceptors (Lipinski definition) is 3. The van der Waals surface area contributed by atoms with E-state index in [9.17, 15) is 18.4 Å². The van der Waals surface area contributed by atoms with Gasteiger partial charge in [0.1, 0.15) is 23.6 Å². The summed E-state index contributed by atoms with van der Waals surface area (Å²) in [6.45, 7) is 5.68. The molecule has 2 unspecified atom stereocenters. The SMILES string of the molecule is CC(C)(C)OC(=O)N[C@H](C(=O)N1CCC(F)C1)C1CCc2cc(-c3ccc(F)cc3)ccc21. The van der Waals surface area contributed by atoms with Crippen molar-refractivity contribution < 1.29 is 23.1 Å². The van der Waals surface area contributed by atoms with Crippen LogP contribution in [-0.4, -0.2) is 47.8 Å². The number of aryl methyl sites for hydroxylation is 1. The molecule has 2 amide bonds. The Bertz CT molecular complexity index is 1030. The Hall–Kier alpha value is -2.96. The standard InChI is InChI=1S/C26H30F2N2O3/c1-26(2,3)33-25(32)29-23(24(31)30-13-12-20(28)15-30)22-11-7-18-14-17(6-10-21(18)22)16-4-8-19(27)9-5-16/h4-6,8-10,14,20,22-23H,7,11-13,15H2,1-3H3,(H,29,32)/t20?,22?,23-/m0/s1. The van der Waals surface area contributed by atoms with Crippen LogP contribution in [0.1, 0.15) is 50.7 Å². The lowest BCUT2D eigenvalue weighted by Gasteiger charge is -2.30. The van der Waals surface area contributed by atoms with E-state index in [-0.39, 0.29) is 24.2 Å². The predicted molar refractivity (Wildman–Crippen MR) is 122 cm³/mol. The molecule has 176 valence electrons. The van der Waals surface area contributed by atoms with E-state index in [1.165, 1.54) is 17.0 Å². The quantitative estimate of drug-likeness (QED) is 0.706. The number of nitrogens with one attached hydrogen (secondary N) is 1. The molecule has 1 aliphatic carbocycles. The van der Waals surface area contributed by atoms with Crippen molar-refractivity contribution in [1.82, 2.24) is 10.2 Å². The van der Waals surface area contributed by atoms with E-state index in [1.54, 1.807) is 32.9 Å². The summed E-state index contributed by atoms with van der Waals surface area (Å²) in [5.41, 5.74) is 3.26. The summed E-state index contributed by atoms with van der Waals surface area (Å²) in [7, 11) is 0. The summed E-state index contributed by atoms with van der Waals surface area (Å²) in [5.74, 6) is -0.797. The molecule has 0 bridgehead atoms. The van der Waals surface area contributed by atoms with Gasteiger partial charge in [-0.15, -0.1) is 0 Å². The molecular formula is C26H30F2N2O3. The van der Waals surface area contributed by atoms with E-state index in [0.29, 0.717) is 19.4 Å². The zero-order chi connectivity index (χ0) is 23.8. The van der Waals surface area contributed by atoms with Crippen LogP contribution in [0.5, 0.6) is 0 Å². The van der Waals surface area contributed by atoms with Crippen LogP contribution in [0.25, 0.3) is 11.1 Å². The lowest BCUT2D eigenvalue weighted by Crippen LogP contribution is -2.51. The number of hydrogen-bond donors (Lipinski definition) is 1. The third-order valence-corrected chi connectivity index (χ3v) is 6.23. The first-order valence-electron chi connectivity index (χ1n) is 11.4. The number of carbonyl (C=O) groups excluding carboxylic acids is 2. The first-order chi connectivity index (χ1) is 15.6. The predicted octanol–water partition coefficient (Wildman–Crippen LogP) is 4.99. The molecule has 0 radical (unpaired) electrons. The summed E-state index contributed by atoms with van der Waals surface area (Å²) >= 11 is 0. The van der Waals surface area contributed by atoms with Gasteiger partial charge in [-0.2, -0.15) is 0 Å². The maximum Gasteiger partial charge on any atom is 0.408 e. The van der Waals surface area contributed by atoms with Crippen molar-refractivity contribution in [2.45, 2.75) is 63.8 Å². The average molecular weight is 457 g/mol. The minimum Gasteiger partial charge on any atom is -0.444 e. The van der Waals surface area contributed by atoms with Crippen LogP contribution < -0.4 is 5.32 Å². The van der Waals surface area contributed by atoms with Crippen molar-refractivity contribution in [1.29, 1.82) is 0 Å². The van der Waals surface area contributed by atoms with E-state index in [1.807, 2.05) is 12.1 Å². The molecule has 1 fully saturated rings. The van der Waals surface area contributed by atoms with E-state index < -0.39 is 23.9 Å². The summed E-state index contributed by atoms with van der Waals surface area (Å²) in [5, 5.41) is 2.78. The fourth-order valence-electron chi connectivity index (χ4n) is 4.70. The maximum atomic E-state index is 13.8. The Balaban J connectivity index is 1.60. The van der Waals surface area contributed by atoms with Crippen molar-refractivity contribution in [3.63, 3.8) is 0 Å². The second kappa shape index (κ2) is 9.12. The zero-order valence-corrected chi connectivity index (χ0v) is 19.2. The van der Waals surface area contributed by atoms with Crippen LogP contribution in [0.4, 0.5) is 13.6 Å². The van der Waals surface area contributed by atoms with Crippen LogP contribution in [0.3, 0.4) is 0 Å². The van der Waals surface area contributed by atoms with Crippen LogP contribution in [-0.2, 0) is 16.0 Å². The van der Waals surface area contributed by atoms with Gasteiger partial charge in [0.15, 0.2) is 0 Å². The average Bonchev–Trinajstić information content (AvgIpc) is 3.36. The molecule has 33 heavy (non-hydrogen) atoms. The number of ether oxygens (including phenoxy) is 1. The number of alkyl halides is 1. The topological polar surface area (TPSA) is 58.6 Å². The fourth-order valence-corrected chi connectivity index (χ4v) is 4.70. The first-order valence-corrected chi connectivity index (χ1v) is 11.4. The van der Waals surface area contributed by atoms with Gasteiger partial charge in [0.25, 0.3) is 0 Å². The highest BCUT2D eigenvalue weighted by molar-refractivity contribution is 5.87. The molecule has 4 rings (SSSR count). The van der Waals surface area contributed by atoms with Crippen molar-refractivity contribution in [2.75, 3.05) is 13.1 Å². The third-order valence-electron chi connectivity index (χ3n) is 6.23. The molecular weight excluding hydrogens is 426 g/mol. The van der Waals surface area contributed by atoms with Crippen LogP contribution in [0.15, 0.2) is 42.5 Å². The Morgan fingerprint density at radius 3 is 2.42 bits per heavy atom. The Morgan fingerprint density at radius 2 is 1.79 bits per heavy atom. The summed E-state index contributed by atoms with van der Waals surface area (Å²) in [6, 6.07) is 11.5. The number of fused-ring (bicyclic) bond motifs is 1. The highest BCUT2D eigenvalue weighted by Crippen LogP contribution is 2.38. The zero-order valence-electron chi connectivity index (χ0n) is 19.2.